The normalized spacial score (nSPS) is 12.4. The molecule has 114 valence electrons. The van der Waals surface area contributed by atoms with Crippen LogP contribution in [0.2, 0.25) is 0 Å². The minimum absolute atomic E-state index is 0.105. The number of hydrogen-bond donors (Lipinski definition) is 1. The third-order valence-corrected chi connectivity index (χ3v) is 4.40. The van der Waals surface area contributed by atoms with Gasteiger partial charge in [0.05, 0.1) is 20.3 Å². The number of methoxy groups -OCH3 is 2. The lowest BCUT2D eigenvalue weighted by Gasteiger charge is -2.28. The summed E-state index contributed by atoms with van der Waals surface area (Å²) in [6, 6.07) is 10.2. The highest BCUT2D eigenvalue weighted by atomic mass is 32.1. The van der Waals surface area contributed by atoms with Crippen molar-refractivity contribution in [1.82, 2.24) is 4.90 Å². The first-order chi connectivity index (χ1) is 10.2. The number of benzene rings is 1. The van der Waals surface area contributed by atoms with Gasteiger partial charge in [0.25, 0.3) is 0 Å². The van der Waals surface area contributed by atoms with Crippen LogP contribution in [0.4, 0.5) is 0 Å². The summed E-state index contributed by atoms with van der Waals surface area (Å²) in [5.41, 5.74) is 7.09. The summed E-state index contributed by atoms with van der Waals surface area (Å²) in [6.07, 6.45) is 0. The maximum atomic E-state index is 6.00. The molecule has 2 N–H and O–H groups in total. The lowest BCUT2D eigenvalue weighted by atomic mass is 10.0. The minimum Gasteiger partial charge on any atom is -0.497 e. The van der Waals surface area contributed by atoms with Gasteiger partial charge in [0, 0.05) is 29.6 Å². The number of rotatable bonds is 7. The number of thiophene rings is 1. The molecule has 1 atom stereocenters. The molecular formula is C16H22N2O2S. The fourth-order valence-corrected chi connectivity index (χ4v) is 3.16. The predicted octanol–water partition coefficient (Wildman–Crippen LogP) is 2.90. The van der Waals surface area contributed by atoms with Crippen LogP contribution in [0.5, 0.6) is 11.5 Å². The SMILES string of the molecule is COc1ccc(C(CN)N(C)Cc2cccs2)c(OC)c1. The molecule has 0 radical (unpaired) electrons. The molecule has 21 heavy (non-hydrogen) atoms. The summed E-state index contributed by atoms with van der Waals surface area (Å²) in [4.78, 5) is 3.57. The predicted molar refractivity (Wildman–Crippen MR) is 87.1 cm³/mol. The van der Waals surface area contributed by atoms with E-state index >= 15 is 0 Å². The van der Waals surface area contributed by atoms with Crippen LogP contribution in [0.1, 0.15) is 16.5 Å². The van der Waals surface area contributed by atoms with Crippen molar-refractivity contribution in [3.8, 4) is 11.5 Å². The second-order valence-corrected chi connectivity index (χ2v) is 5.89. The summed E-state index contributed by atoms with van der Waals surface area (Å²) in [5.74, 6) is 1.59. The number of ether oxygens (including phenoxy) is 2. The molecule has 0 saturated carbocycles. The molecule has 1 aromatic carbocycles. The smallest absolute Gasteiger partial charge is 0.127 e. The third kappa shape index (κ3) is 3.75. The average molecular weight is 306 g/mol. The fourth-order valence-electron chi connectivity index (χ4n) is 2.40. The summed E-state index contributed by atoms with van der Waals surface area (Å²) in [7, 11) is 5.41. The van der Waals surface area contributed by atoms with Gasteiger partial charge in [0.2, 0.25) is 0 Å². The zero-order valence-electron chi connectivity index (χ0n) is 12.7. The number of hydrogen-bond acceptors (Lipinski definition) is 5. The van der Waals surface area contributed by atoms with E-state index < -0.39 is 0 Å². The Morgan fingerprint density at radius 2 is 2.05 bits per heavy atom. The first kappa shape index (κ1) is 15.8. The standard InChI is InChI=1S/C16H22N2O2S/c1-18(11-13-5-4-8-21-13)15(10-17)14-7-6-12(19-2)9-16(14)20-3/h4-9,15H,10-11,17H2,1-3H3. The Kier molecular flexibility index (Phi) is 5.61. The van der Waals surface area contributed by atoms with Crippen LogP contribution in [-0.4, -0.2) is 32.7 Å². The Labute approximate surface area is 130 Å². The Bertz CT molecular complexity index is 557. The van der Waals surface area contributed by atoms with Gasteiger partial charge < -0.3 is 15.2 Å². The molecule has 2 rings (SSSR count). The third-order valence-electron chi connectivity index (χ3n) is 3.54. The second-order valence-electron chi connectivity index (χ2n) is 4.85. The summed E-state index contributed by atoms with van der Waals surface area (Å²) < 4.78 is 10.7. The van der Waals surface area contributed by atoms with E-state index in [1.165, 1.54) is 4.88 Å². The molecular weight excluding hydrogens is 284 g/mol. The van der Waals surface area contributed by atoms with Crippen LogP contribution in [-0.2, 0) is 6.54 Å². The van der Waals surface area contributed by atoms with Gasteiger partial charge in [-0.3, -0.25) is 4.90 Å². The molecule has 4 nitrogen and oxygen atoms in total. The molecule has 0 spiro atoms. The van der Waals surface area contributed by atoms with Gasteiger partial charge in [0.1, 0.15) is 11.5 Å². The van der Waals surface area contributed by atoms with Gasteiger partial charge >= 0.3 is 0 Å². The molecule has 1 aromatic heterocycles. The number of nitrogens with two attached hydrogens (primary N) is 1. The van der Waals surface area contributed by atoms with Gasteiger partial charge in [-0.25, -0.2) is 0 Å². The molecule has 1 unspecified atom stereocenters. The Morgan fingerprint density at radius 3 is 2.62 bits per heavy atom. The number of likely N-dealkylation sites (N-methyl/N-ethyl adjacent to an activating group) is 1. The van der Waals surface area contributed by atoms with Crippen LogP contribution in [0.15, 0.2) is 35.7 Å². The first-order valence-corrected chi connectivity index (χ1v) is 7.72. The number of nitrogens with zero attached hydrogens (tertiary/aromatic N) is 1. The highest BCUT2D eigenvalue weighted by molar-refractivity contribution is 7.09. The van der Waals surface area contributed by atoms with Crippen LogP contribution in [0, 0.1) is 0 Å². The van der Waals surface area contributed by atoms with Crippen molar-refractivity contribution in [3.05, 3.63) is 46.2 Å². The van der Waals surface area contributed by atoms with Gasteiger partial charge in [-0.15, -0.1) is 11.3 Å². The lowest BCUT2D eigenvalue weighted by Crippen LogP contribution is -2.30. The van der Waals surface area contributed by atoms with Crippen LogP contribution >= 0.6 is 11.3 Å². The molecule has 2 aromatic rings. The summed E-state index contributed by atoms with van der Waals surface area (Å²) in [6.45, 7) is 1.40. The van der Waals surface area contributed by atoms with E-state index in [1.54, 1.807) is 25.6 Å². The largest absolute Gasteiger partial charge is 0.497 e. The van der Waals surface area contributed by atoms with Crippen molar-refractivity contribution in [2.45, 2.75) is 12.6 Å². The molecule has 0 aliphatic carbocycles. The van der Waals surface area contributed by atoms with Crippen LogP contribution in [0.3, 0.4) is 0 Å². The lowest BCUT2D eigenvalue weighted by molar-refractivity contribution is 0.237. The van der Waals surface area contributed by atoms with E-state index in [4.69, 9.17) is 15.2 Å². The minimum atomic E-state index is 0.105. The fraction of sp³-hybridized carbons (Fsp3) is 0.375. The summed E-state index contributed by atoms with van der Waals surface area (Å²) >= 11 is 1.76. The van der Waals surface area contributed by atoms with Crippen molar-refractivity contribution in [2.75, 3.05) is 27.8 Å². The van der Waals surface area contributed by atoms with Crippen molar-refractivity contribution in [2.24, 2.45) is 5.73 Å². The maximum Gasteiger partial charge on any atom is 0.127 e. The summed E-state index contributed by atoms with van der Waals surface area (Å²) in [5, 5.41) is 2.09. The molecule has 0 aliphatic heterocycles. The molecule has 0 aliphatic rings. The monoisotopic (exact) mass is 306 g/mol. The van der Waals surface area contributed by atoms with Gasteiger partial charge in [0.15, 0.2) is 0 Å². The van der Waals surface area contributed by atoms with Crippen molar-refractivity contribution >= 4 is 11.3 Å². The zero-order valence-corrected chi connectivity index (χ0v) is 13.5. The van der Waals surface area contributed by atoms with E-state index in [1.807, 2.05) is 18.2 Å². The Morgan fingerprint density at radius 1 is 1.24 bits per heavy atom. The van der Waals surface area contributed by atoms with Crippen molar-refractivity contribution in [1.29, 1.82) is 0 Å². The molecule has 0 bridgehead atoms. The van der Waals surface area contributed by atoms with Crippen LogP contribution in [0.25, 0.3) is 0 Å². The topological polar surface area (TPSA) is 47.7 Å². The van der Waals surface area contributed by atoms with E-state index in [9.17, 15) is 0 Å². The van der Waals surface area contributed by atoms with E-state index in [-0.39, 0.29) is 6.04 Å². The molecule has 1 heterocycles. The van der Waals surface area contributed by atoms with E-state index in [2.05, 4.69) is 29.5 Å². The van der Waals surface area contributed by atoms with Gasteiger partial charge in [-0.2, -0.15) is 0 Å². The second kappa shape index (κ2) is 7.45. The van der Waals surface area contributed by atoms with Gasteiger partial charge in [-0.05, 0) is 24.6 Å². The Hall–Kier alpha value is -1.56. The molecule has 0 saturated heterocycles. The van der Waals surface area contributed by atoms with Crippen molar-refractivity contribution < 1.29 is 9.47 Å². The van der Waals surface area contributed by atoms with E-state index in [0.717, 1.165) is 23.6 Å². The Balaban J connectivity index is 2.23. The first-order valence-electron chi connectivity index (χ1n) is 6.84. The quantitative estimate of drug-likeness (QED) is 0.854. The van der Waals surface area contributed by atoms with Crippen molar-refractivity contribution in [3.63, 3.8) is 0 Å². The average Bonchev–Trinajstić information content (AvgIpc) is 3.01. The highest BCUT2D eigenvalue weighted by Crippen LogP contribution is 2.32. The zero-order chi connectivity index (χ0) is 15.2. The molecule has 5 heteroatoms. The van der Waals surface area contributed by atoms with Gasteiger partial charge in [-0.1, -0.05) is 12.1 Å². The highest BCUT2D eigenvalue weighted by Gasteiger charge is 2.20. The molecule has 0 fully saturated rings. The van der Waals surface area contributed by atoms with E-state index in [0.29, 0.717) is 6.54 Å². The molecule has 0 amide bonds. The maximum absolute atomic E-state index is 6.00. The van der Waals surface area contributed by atoms with Crippen LogP contribution < -0.4 is 15.2 Å².